The van der Waals surface area contributed by atoms with Crippen molar-refractivity contribution in [2.75, 3.05) is 6.54 Å². The number of fused-ring (bicyclic) bond motifs is 1. The number of H-pyrrole nitrogens is 1. The van der Waals surface area contributed by atoms with E-state index >= 15 is 0 Å². The maximum Gasteiger partial charge on any atom is 0.272 e. The van der Waals surface area contributed by atoms with Gasteiger partial charge in [0.25, 0.3) is 5.91 Å². The summed E-state index contributed by atoms with van der Waals surface area (Å²) in [5, 5.41) is 14.2. The number of thiazole rings is 1. The maximum atomic E-state index is 12.2. The highest BCUT2D eigenvalue weighted by molar-refractivity contribution is 7.11. The molecule has 0 fully saturated rings. The summed E-state index contributed by atoms with van der Waals surface area (Å²) in [6, 6.07) is 0. The van der Waals surface area contributed by atoms with E-state index in [4.69, 9.17) is 0 Å². The molecule has 0 spiro atoms. The normalized spacial score (nSPS) is 13.4. The van der Waals surface area contributed by atoms with Crippen LogP contribution >= 0.6 is 23.7 Å². The highest BCUT2D eigenvalue weighted by atomic mass is 35.5. The Balaban J connectivity index is 0.00000161. The average molecular weight is 328 g/mol. The van der Waals surface area contributed by atoms with Crippen LogP contribution in [0.3, 0.4) is 0 Å². The van der Waals surface area contributed by atoms with Crippen LogP contribution in [0, 0.1) is 0 Å². The second-order valence-electron chi connectivity index (χ2n) is 4.71. The molecule has 2 aromatic rings. The topological polar surface area (TPSA) is 82.7 Å². The van der Waals surface area contributed by atoms with Crippen molar-refractivity contribution < 1.29 is 4.79 Å². The smallest absolute Gasteiger partial charge is 0.272 e. The van der Waals surface area contributed by atoms with Crippen molar-refractivity contribution in [1.82, 2.24) is 25.8 Å². The largest absolute Gasteiger partial charge is 0.344 e. The predicted molar refractivity (Wildman–Crippen MR) is 83.9 cm³/mol. The number of hydrogen-bond acceptors (Lipinski definition) is 5. The van der Waals surface area contributed by atoms with Gasteiger partial charge in [-0.15, -0.1) is 23.7 Å². The SMILES string of the molecule is CCc1cnc(CNC(=O)c2n[nH]c3c2CNCC3)s1.Cl. The number of rotatable bonds is 4. The molecule has 3 rings (SSSR count). The van der Waals surface area contributed by atoms with Crippen LogP contribution in [0.4, 0.5) is 0 Å². The molecule has 1 amide bonds. The Morgan fingerprint density at radius 1 is 1.52 bits per heavy atom. The number of aryl methyl sites for hydroxylation is 1. The second kappa shape index (κ2) is 7.02. The van der Waals surface area contributed by atoms with Gasteiger partial charge in [-0.05, 0) is 6.42 Å². The standard InChI is InChI=1S/C13H17N5OS.ClH/c1-2-8-5-15-11(20-8)7-16-13(19)12-9-6-14-4-3-10(9)17-18-12;/h5,14H,2-4,6-7H2,1H3,(H,16,19)(H,17,18);1H. The third kappa shape index (κ3) is 3.42. The van der Waals surface area contributed by atoms with Gasteiger partial charge in [-0.1, -0.05) is 6.92 Å². The molecule has 1 aliphatic rings. The summed E-state index contributed by atoms with van der Waals surface area (Å²) in [7, 11) is 0. The van der Waals surface area contributed by atoms with Crippen LogP contribution in [-0.4, -0.2) is 27.6 Å². The van der Waals surface area contributed by atoms with E-state index in [1.54, 1.807) is 11.3 Å². The zero-order valence-electron chi connectivity index (χ0n) is 11.7. The van der Waals surface area contributed by atoms with Crippen LogP contribution in [0.1, 0.15) is 38.6 Å². The van der Waals surface area contributed by atoms with Crippen LogP contribution in [0.2, 0.25) is 0 Å². The number of hydrogen-bond donors (Lipinski definition) is 3. The van der Waals surface area contributed by atoms with Crippen LogP contribution in [0.25, 0.3) is 0 Å². The maximum absolute atomic E-state index is 12.2. The minimum atomic E-state index is -0.139. The molecule has 0 saturated heterocycles. The highest BCUT2D eigenvalue weighted by Gasteiger charge is 2.21. The van der Waals surface area contributed by atoms with Gasteiger partial charge in [0.2, 0.25) is 0 Å². The minimum absolute atomic E-state index is 0. The molecule has 6 nitrogen and oxygen atoms in total. The Morgan fingerprint density at radius 3 is 3.14 bits per heavy atom. The number of aromatic nitrogens is 3. The van der Waals surface area contributed by atoms with Crippen LogP contribution in [-0.2, 0) is 25.9 Å². The Labute approximate surface area is 133 Å². The third-order valence-corrected chi connectivity index (χ3v) is 4.51. The minimum Gasteiger partial charge on any atom is -0.344 e. The quantitative estimate of drug-likeness (QED) is 0.793. The van der Waals surface area contributed by atoms with Crippen molar-refractivity contribution in [1.29, 1.82) is 0 Å². The van der Waals surface area contributed by atoms with Crippen LogP contribution in [0.5, 0.6) is 0 Å². The molecule has 21 heavy (non-hydrogen) atoms. The van der Waals surface area contributed by atoms with Gasteiger partial charge in [0, 0.05) is 41.8 Å². The molecule has 3 heterocycles. The fraction of sp³-hybridized carbons (Fsp3) is 0.462. The first-order valence-corrected chi connectivity index (χ1v) is 7.58. The van der Waals surface area contributed by atoms with Gasteiger partial charge in [-0.25, -0.2) is 4.98 Å². The first-order valence-electron chi connectivity index (χ1n) is 6.76. The number of halogens is 1. The lowest BCUT2D eigenvalue weighted by Crippen LogP contribution is -2.28. The molecule has 3 N–H and O–H groups in total. The summed E-state index contributed by atoms with van der Waals surface area (Å²) >= 11 is 1.63. The molecule has 1 aliphatic heterocycles. The lowest BCUT2D eigenvalue weighted by atomic mass is 10.1. The summed E-state index contributed by atoms with van der Waals surface area (Å²) in [4.78, 5) is 17.7. The first kappa shape index (κ1) is 15.9. The molecule has 0 saturated carbocycles. The van der Waals surface area contributed by atoms with Gasteiger partial charge < -0.3 is 10.6 Å². The van der Waals surface area contributed by atoms with E-state index in [-0.39, 0.29) is 18.3 Å². The van der Waals surface area contributed by atoms with E-state index in [1.807, 2.05) is 6.20 Å². The van der Waals surface area contributed by atoms with Gasteiger partial charge in [0.05, 0.1) is 6.54 Å². The summed E-state index contributed by atoms with van der Waals surface area (Å²) in [5.74, 6) is -0.139. The fourth-order valence-corrected chi connectivity index (χ4v) is 3.05. The second-order valence-corrected chi connectivity index (χ2v) is 5.91. The molecule has 0 atom stereocenters. The number of nitrogens with zero attached hydrogens (tertiary/aromatic N) is 2. The predicted octanol–water partition coefficient (Wildman–Crippen LogP) is 1.43. The van der Waals surface area contributed by atoms with Crippen molar-refractivity contribution in [2.24, 2.45) is 0 Å². The molecule has 8 heteroatoms. The average Bonchev–Trinajstić information content (AvgIpc) is 3.11. The number of aromatic amines is 1. The van der Waals surface area contributed by atoms with E-state index in [9.17, 15) is 4.79 Å². The van der Waals surface area contributed by atoms with Crippen molar-refractivity contribution >= 4 is 29.7 Å². The van der Waals surface area contributed by atoms with Gasteiger partial charge in [-0.2, -0.15) is 5.10 Å². The highest BCUT2D eigenvalue weighted by Crippen LogP contribution is 2.16. The Hall–Kier alpha value is -1.44. The monoisotopic (exact) mass is 327 g/mol. The van der Waals surface area contributed by atoms with E-state index in [1.165, 1.54) is 4.88 Å². The number of amides is 1. The molecule has 2 aromatic heterocycles. The molecular weight excluding hydrogens is 310 g/mol. The number of carbonyl (C=O) groups is 1. The number of nitrogens with one attached hydrogen (secondary N) is 3. The van der Waals surface area contributed by atoms with Crippen molar-refractivity contribution in [3.63, 3.8) is 0 Å². The van der Waals surface area contributed by atoms with Crippen molar-refractivity contribution in [3.05, 3.63) is 33.0 Å². The molecule has 0 radical (unpaired) electrons. The Kier molecular flexibility index (Phi) is 5.33. The van der Waals surface area contributed by atoms with Gasteiger partial charge in [0.15, 0.2) is 5.69 Å². The zero-order valence-corrected chi connectivity index (χ0v) is 13.4. The lowest BCUT2D eigenvalue weighted by molar-refractivity contribution is 0.0944. The molecule has 0 aliphatic carbocycles. The van der Waals surface area contributed by atoms with E-state index in [2.05, 4.69) is 32.7 Å². The van der Waals surface area contributed by atoms with E-state index in [0.717, 1.165) is 35.7 Å². The van der Waals surface area contributed by atoms with E-state index in [0.29, 0.717) is 18.8 Å². The van der Waals surface area contributed by atoms with Gasteiger partial charge in [-0.3, -0.25) is 9.89 Å². The Bertz CT molecular complexity index is 624. The Morgan fingerprint density at radius 2 is 2.38 bits per heavy atom. The van der Waals surface area contributed by atoms with Crippen LogP contribution in [0.15, 0.2) is 6.20 Å². The van der Waals surface area contributed by atoms with Crippen LogP contribution < -0.4 is 10.6 Å². The summed E-state index contributed by atoms with van der Waals surface area (Å²) in [6.07, 6.45) is 3.73. The summed E-state index contributed by atoms with van der Waals surface area (Å²) in [5.41, 5.74) is 2.55. The summed E-state index contributed by atoms with van der Waals surface area (Å²) < 4.78 is 0. The zero-order chi connectivity index (χ0) is 13.9. The van der Waals surface area contributed by atoms with Crippen molar-refractivity contribution in [2.45, 2.75) is 32.9 Å². The number of carbonyl (C=O) groups excluding carboxylic acids is 1. The molecular formula is C13H18ClN5OS. The summed E-state index contributed by atoms with van der Waals surface area (Å²) in [6.45, 7) is 4.18. The molecule has 0 bridgehead atoms. The molecule has 0 unspecified atom stereocenters. The van der Waals surface area contributed by atoms with Crippen molar-refractivity contribution in [3.8, 4) is 0 Å². The lowest BCUT2D eigenvalue weighted by Gasteiger charge is -2.12. The van der Waals surface area contributed by atoms with Gasteiger partial charge in [0.1, 0.15) is 5.01 Å². The fourth-order valence-electron chi connectivity index (χ4n) is 2.25. The molecule has 114 valence electrons. The molecule has 0 aromatic carbocycles. The van der Waals surface area contributed by atoms with Gasteiger partial charge >= 0.3 is 0 Å². The van der Waals surface area contributed by atoms with E-state index < -0.39 is 0 Å². The first-order chi connectivity index (χ1) is 9.78. The third-order valence-electron chi connectivity index (χ3n) is 3.37.